The Labute approximate surface area is 150 Å². The molecule has 0 bridgehead atoms. The zero-order chi connectivity index (χ0) is 17.4. The largest absolute Gasteiger partial charge is 0.475 e. The minimum absolute atomic E-state index is 0.124. The van der Waals surface area contributed by atoms with Crippen LogP contribution in [0.2, 0.25) is 15.1 Å². The molecule has 3 aromatic rings. The van der Waals surface area contributed by atoms with Crippen molar-refractivity contribution in [3.63, 3.8) is 0 Å². The third-order valence-electron chi connectivity index (χ3n) is 3.36. The standard InChI is InChI=1S/C16H9Cl3FNO3/c17-10-4-9(5-11(18)15(10)19)21-6-8-3-13-7(1-12(8)20)2-14(24-13)16(22)23/h1-5,21H,6H2,(H,22,23). The van der Waals surface area contributed by atoms with E-state index in [1.165, 1.54) is 18.2 Å². The Morgan fingerprint density at radius 1 is 1.12 bits per heavy atom. The van der Waals surface area contributed by atoms with Crippen molar-refractivity contribution in [3.05, 3.63) is 62.5 Å². The van der Waals surface area contributed by atoms with Crippen LogP contribution in [0.4, 0.5) is 10.1 Å². The maximum atomic E-state index is 14.2. The number of rotatable bonds is 4. The second-order valence-electron chi connectivity index (χ2n) is 5.00. The highest BCUT2D eigenvalue weighted by atomic mass is 35.5. The Bertz CT molecular complexity index is 932. The number of anilines is 1. The minimum atomic E-state index is -1.21. The van der Waals surface area contributed by atoms with Crippen molar-refractivity contribution in [1.82, 2.24) is 0 Å². The van der Waals surface area contributed by atoms with Crippen LogP contribution in [0.25, 0.3) is 11.0 Å². The Hall–Kier alpha value is -1.95. The van der Waals surface area contributed by atoms with Gasteiger partial charge in [-0.15, -0.1) is 0 Å². The normalized spacial score (nSPS) is 11.0. The van der Waals surface area contributed by atoms with Gasteiger partial charge in [-0.2, -0.15) is 0 Å². The van der Waals surface area contributed by atoms with Gasteiger partial charge in [0.1, 0.15) is 11.4 Å². The average Bonchev–Trinajstić information content (AvgIpc) is 2.93. The average molecular weight is 389 g/mol. The van der Waals surface area contributed by atoms with E-state index in [2.05, 4.69) is 5.32 Å². The summed E-state index contributed by atoms with van der Waals surface area (Å²) in [6.07, 6.45) is 0. The van der Waals surface area contributed by atoms with E-state index in [9.17, 15) is 9.18 Å². The molecule has 0 aliphatic heterocycles. The second kappa shape index (κ2) is 6.51. The summed E-state index contributed by atoms with van der Waals surface area (Å²) >= 11 is 17.8. The fraction of sp³-hybridized carbons (Fsp3) is 0.0625. The maximum Gasteiger partial charge on any atom is 0.371 e. The van der Waals surface area contributed by atoms with Crippen LogP contribution in [0.15, 0.2) is 34.7 Å². The number of carbonyl (C=O) groups is 1. The number of nitrogens with one attached hydrogen (secondary N) is 1. The van der Waals surface area contributed by atoms with Gasteiger partial charge in [-0.05, 0) is 30.3 Å². The third kappa shape index (κ3) is 3.29. The summed E-state index contributed by atoms with van der Waals surface area (Å²) in [4.78, 5) is 10.9. The molecule has 0 radical (unpaired) electrons. The summed E-state index contributed by atoms with van der Waals surface area (Å²) in [7, 11) is 0. The molecular weight excluding hydrogens is 380 g/mol. The van der Waals surface area contributed by atoms with Crippen LogP contribution in [-0.4, -0.2) is 11.1 Å². The van der Waals surface area contributed by atoms with E-state index >= 15 is 0 Å². The monoisotopic (exact) mass is 387 g/mol. The van der Waals surface area contributed by atoms with Gasteiger partial charge in [0.05, 0.1) is 15.1 Å². The first-order valence-corrected chi connectivity index (χ1v) is 7.82. The zero-order valence-corrected chi connectivity index (χ0v) is 14.1. The molecule has 0 aliphatic carbocycles. The molecule has 1 heterocycles. The lowest BCUT2D eigenvalue weighted by Gasteiger charge is -2.09. The molecule has 0 aliphatic rings. The highest BCUT2D eigenvalue weighted by molar-refractivity contribution is 6.48. The van der Waals surface area contributed by atoms with Gasteiger partial charge in [-0.3, -0.25) is 0 Å². The SMILES string of the molecule is O=C(O)c1cc2cc(F)c(CNc3cc(Cl)c(Cl)c(Cl)c3)cc2o1. The molecule has 124 valence electrons. The molecule has 2 N–H and O–H groups in total. The van der Waals surface area contributed by atoms with Crippen LogP contribution < -0.4 is 5.32 Å². The molecule has 2 aromatic carbocycles. The Balaban J connectivity index is 1.87. The maximum absolute atomic E-state index is 14.2. The van der Waals surface area contributed by atoms with Crippen molar-refractivity contribution in [2.75, 3.05) is 5.32 Å². The van der Waals surface area contributed by atoms with Gasteiger partial charge in [-0.1, -0.05) is 34.8 Å². The Kier molecular flexibility index (Phi) is 4.58. The number of hydrogen-bond donors (Lipinski definition) is 2. The van der Waals surface area contributed by atoms with Gasteiger partial charge in [0.25, 0.3) is 0 Å². The number of fused-ring (bicyclic) bond motifs is 1. The summed E-state index contributed by atoms with van der Waals surface area (Å²) in [5.74, 6) is -1.94. The van der Waals surface area contributed by atoms with Crippen LogP contribution in [0.3, 0.4) is 0 Å². The minimum Gasteiger partial charge on any atom is -0.475 e. The van der Waals surface area contributed by atoms with Crippen molar-refractivity contribution in [1.29, 1.82) is 0 Å². The number of furan rings is 1. The Morgan fingerprint density at radius 3 is 2.42 bits per heavy atom. The van der Waals surface area contributed by atoms with Gasteiger partial charge in [-0.25, -0.2) is 9.18 Å². The lowest BCUT2D eigenvalue weighted by atomic mass is 10.1. The van der Waals surface area contributed by atoms with E-state index in [0.717, 1.165) is 0 Å². The molecule has 0 saturated heterocycles. The molecule has 0 saturated carbocycles. The summed E-state index contributed by atoms with van der Waals surface area (Å²) in [6, 6.07) is 7.09. The highest BCUT2D eigenvalue weighted by Gasteiger charge is 2.14. The van der Waals surface area contributed by atoms with Crippen LogP contribution in [0, 0.1) is 5.82 Å². The van der Waals surface area contributed by atoms with Crippen molar-refractivity contribution in [2.45, 2.75) is 6.54 Å². The summed E-state index contributed by atoms with van der Waals surface area (Å²) in [6.45, 7) is 0.124. The van der Waals surface area contributed by atoms with Crippen molar-refractivity contribution in [3.8, 4) is 0 Å². The van der Waals surface area contributed by atoms with Crippen molar-refractivity contribution in [2.24, 2.45) is 0 Å². The van der Waals surface area contributed by atoms with Gasteiger partial charge in [0.2, 0.25) is 5.76 Å². The smallest absolute Gasteiger partial charge is 0.371 e. The van der Waals surface area contributed by atoms with E-state index < -0.39 is 11.8 Å². The number of aromatic carboxylic acids is 1. The van der Waals surface area contributed by atoms with E-state index in [1.807, 2.05) is 0 Å². The summed E-state index contributed by atoms with van der Waals surface area (Å²) < 4.78 is 19.3. The van der Waals surface area contributed by atoms with E-state index in [0.29, 0.717) is 16.6 Å². The molecule has 24 heavy (non-hydrogen) atoms. The Morgan fingerprint density at radius 2 is 1.79 bits per heavy atom. The molecule has 0 atom stereocenters. The second-order valence-corrected chi connectivity index (χ2v) is 6.20. The predicted octanol–water partition coefficient (Wildman–Crippen LogP) is 5.84. The number of carboxylic acids is 1. The number of hydrogen-bond acceptors (Lipinski definition) is 3. The van der Waals surface area contributed by atoms with Crippen LogP contribution in [0.5, 0.6) is 0 Å². The molecule has 3 rings (SSSR count). The van der Waals surface area contributed by atoms with Crippen molar-refractivity contribution < 1.29 is 18.7 Å². The number of halogens is 4. The highest BCUT2D eigenvalue weighted by Crippen LogP contribution is 2.33. The fourth-order valence-corrected chi connectivity index (χ4v) is 2.79. The molecule has 0 fully saturated rings. The van der Waals surface area contributed by atoms with E-state index in [1.54, 1.807) is 12.1 Å². The lowest BCUT2D eigenvalue weighted by Crippen LogP contribution is -2.02. The first-order chi connectivity index (χ1) is 11.3. The van der Waals surface area contributed by atoms with E-state index in [-0.39, 0.29) is 33.0 Å². The molecular formula is C16H9Cl3FNO3. The van der Waals surface area contributed by atoms with Gasteiger partial charge in [0, 0.05) is 23.2 Å². The fourth-order valence-electron chi connectivity index (χ4n) is 2.20. The predicted molar refractivity (Wildman–Crippen MR) is 91.9 cm³/mol. The molecule has 0 spiro atoms. The van der Waals surface area contributed by atoms with Gasteiger partial charge >= 0.3 is 5.97 Å². The molecule has 8 heteroatoms. The van der Waals surface area contributed by atoms with E-state index in [4.69, 9.17) is 44.3 Å². The lowest BCUT2D eigenvalue weighted by molar-refractivity contribution is 0.0665. The zero-order valence-electron chi connectivity index (χ0n) is 11.9. The molecule has 0 unspecified atom stereocenters. The van der Waals surface area contributed by atoms with Crippen LogP contribution in [0.1, 0.15) is 16.1 Å². The number of benzene rings is 2. The summed E-state index contributed by atoms with van der Waals surface area (Å²) in [5.41, 5.74) is 1.16. The summed E-state index contributed by atoms with van der Waals surface area (Å²) in [5, 5.41) is 13.1. The number of carboxylic acid groups (broad SMARTS) is 1. The molecule has 0 amide bonds. The molecule has 1 aromatic heterocycles. The van der Waals surface area contributed by atoms with Gasteiger partial charge < -0.3 is 14.8 Å². The van der Waals surface area contributed by atoms with Crippen LogP contribution >= 0.6 is 34.8 Å². The first kappa shape index (κ1) is 16.9. The first-order valence-electron chi connectivity index (χ1n) is 6.69. The molecule has 4 nitrogen and oxygen atoms in total. The van der Waals surface area contributed by atoms with Gasteiger partial charge in [0.15, 0.2) is 0 Å². The van der Waals surface area contributed by atoms with Crippen molar-refractivity contribution >= 4 is 57.4 Å². The topological polar surface area (TPSA) is 62.5 Å². The quantitative estimate of drug-likeness (QED) is 0.551. The third-order valence-corrected chi connectivity index (χ3v) is 4.56. The van der Waals surface area contributed by atoms with Crippen LogP contribution in [-0.2, 0) is 6.54 Å².